The first kappa shape index (κ1) is 19.8. The second-order valence-corrected chi connectivity index (χ2v) is 5.06. The Morgan fingerprint density at radius 1 is 1.00 bits per heavy atom. The number of anilines is 1. The minimum absolute atomic E-state index is 0.00964. The minimum Gasteiger partial charge on any atom is -0.491 e. The Balaban J connectivity index is 1.91. The molecule has 1 aromatic carbocycles. The van der Waals surface area contributed by atoms with Crippen LogP contribution in [0, 0.1) is 23.5 Å². The van der Waals surface area contributed by atoms with Crippen LogP contribution < -0.4 is 10.1 Å². The SMILES string of the molecule is OC(CNc1c(F)c(F)nc(F)c1F)COc1ccc(C(F)(F)F)cc1. The number of ether oxygens (including phenoxy) is 1. The van der Waals surface area contributed by atoms with Gasteiger partial charge in [-0.05, 0) is 24.3 Å². The number of rotatable bonds is 6. The molecule has 1 aromatic heterocycles. The fraction of sp³-hybridized carbons (Fsp3) is 0.267. The number of alkyl halides is 3. The van der Waals surface area contributed by atoms with E-state index in [1.165, 1.54) is 0 Å². The molecule has 0 saturated carbocycles. The van der Waals surface area contributed by atoms with Gasteiger partial charge in [0, 0.05) is 6.54 Å². The molecular weight excluding hydrogens is 373 g/mol. The summed E-state index contributed by atoms with van der Waals surface area (Å²) in [7, 11) is 0. The number of pyridine rings is 1. The molecule has 0 aliphatic carbocycles. The normalized spacial score (nSPS) is 12.8. The van der Waals surface area contributed by atoms with Crippen molar-refractivity contribution in [2.45, 2.75) is 12.3 Å². The molecule has 142 valence electrons. The summed E-state index contributed by atoms with van der Waals surface area (Å²) in [5.41, 5.74) is -2.04. The zero-order valence-corrected chi connectivity index (χ0v) is 12.7. The van der Waals surface area contributed by atoms with Gasteiger partial charge in [0.05, 0.1) is 5.56 Å². The van der Waals surface area contributed by atoms with E-state index in [1.54, 1.807) is 0 Å². The quantitative estimate of drug-likeness (QED) is 0.591. The van der Waals surface area contributed by atoms with E-state index in [0.717, 1.165) is 24.3 Å². The molecule has 1 unspecified atom stereocenters. The molecule has 0 radical (unpaired) electrons. The van der Waals surface area contributed by atoms with Crippen LogP contribution in [0.15, 0.2) is 24.3 Å². The van der Waals surface area contributed by atoms with E-state index in [4.69, 9.17) is 4.74 Å². The number of aliphatic hydroxyl groups is 1. The highest BCUT2D eigenvalue weighted by Crippen LogP contribution is 2.30. The topological polar surface area (TPSA) is 54.4 Å². The van der Waals surface area contributed by atoms with E-state index in [-0.39, 0.29) is 5.75 Å². The van der Waals surface area contributed by atoms with Gasteiger partial charge in [0.15, 0.2) is 0 Å². The van der Waals surface area contributed by atoms with Crippen LogP contribution in [0.3, 0.4) is 0 Å². The molecule has 0 aliphatic heterocycles. The van der Waals surface area contributed by atoms with Gasteiger partial charge in [-0.15, -0.1) is 0 Å². The molecule has 1 heterocycles. The van der Waals surface area contributed by atoms with Crippen LogP contribution in [0.4, 0.5) is 36.4 Å². The molecule has 2 aromatic rings. The van der Waals surface area contributed by atoms with Gasteiger partial charge in [0.2, 0.25) is 11.6 Å². The van der Waals surface area contributed by atoms with Gasteiger partial charge in [0.25, 0.3) is 11.9 Å². The Bertz CT molecular complexity index is 740. The van der Waals surface area contributed by atoms with Gasteiger partial charge in [-0.2, -0.15) is 35.7 Å². The highest BCUT2D eigenvalue weighted by atomic mass is 19.4. The molecule has 4 nitrogen and oxygen atoms in total. The summed E-state index contributed by atoms with van der Waals surface area (Å²) in [5, 5.41) is 11.6. The maximum atomic E-state index is 13.4. The molecule has 1 atom stereocenters. The number of benzene rings is 1. The Morgan fingerprint density at radius 2 is 1.54 bits per heavy atom. The monoisotopic (exact) mass is 384 g/mol. The van der Waals surface area contributed by atoms with Crippen LogP contribution in [0.25, 0.3) is 0 Å². The fourth-order valence-electron chi connectivity index (χ4n) is 1.85. The Morgan fingerprint density at radius 3 is 2.04 bits per heavy atom. The highest BCUT2D eigenvalue weighted by molar-refractivity contribution is 5.45. The van der Waals surface area contributed by atoms with Crippen LogP contribution >= 0.6 is 0 Å². The first-order chi connectivity index (χ1) is 12.1. The number of hydrogen-bond donors (Lipinski definition) is 2. The third kappa shape index (κ3) is 4.75. The van der Waals surface area contributed by atoms with Crippen molar-refractivity contribution < 1.29 is 40.6 Å². The van der Waals surface area contributed by atoms with Crippen molar-refractivity contribution in [3.05, 3.63) is 53.4 Å². The Labute approximate surface area is 142 Å². The van der Waals surface area contributed by atoms with E-state index in [0.29, 0.717) is 0 Å². The maximum Gasteiger partial charge on any atom is 0.416 e. The van der Waals surface area contributed by atoms with Crippen molar-refractivity contribution in [1.82, 2.24) is 4.98 Å². The summed E-state index contributed by atoms with van der Waals surface area (Å²) < 4.78 is 94.8. The molecule has 0 fully saturated rings. The molecule has 0 amide bonds. The number of hydrogen-bond acceptors (Lipinski definition) is 4. The van der Waals surface area contributed by atoms with Gasteiger partial charge in [-0.25, -0.2) is 0 Å². The Kier molecular flexibility index (Phi) is 5.90. The molecule has 0 bridgehead atoms. The predicted octanol–water partition coefficient (Wildman–Crippen LogP) is 3.51. The summed E-state index contributed by atoms with van der Waals surface area (Å²) >= 11 is 0. The fourth-order valence-corrected chi connectivity index (χ4v) is 1.85. The summed E-state index contributed by atoms with van der Waals surface area (Å²) in [4.78, 5) is 2.37. The van der Waals surface area contributed by atoms with Crippen molar-refractivity contribution in [1.29, 1.82) is 0 Å². The van der Waals surface area contributed by atoms with Crippen molar-refractivity contribution in [3.63, 3.8) is 0 Å². The maximum absolute atomic E-state index is 13.4. The third-order valence-electron chi connectivity index (χ3n) is 3.14. The zero-order valence-electron chi connectivity index (χ0n) is 12.7. The number of aliphatic hydroxyl groups excluding tert-OH is 1. The molecular formula is C15H11F7N2O2. The highest BCUT2D eigenvalue weighted by Gasteiger charge is 2.30. The van der Waals surface area contributed by atoms with Crippen molar-refractivity contribution in [3.8, 4) is 5.75 Å². The molecule has 11 heteroatoms. The van der Waals surface area contributed by atoms with Gasteiger partial charge < -0.3 is 15.2 Å². The van der Waals surface area contributed by atoms with Crippen LogP contribution in [0.2, 0.25) is 0 Å². The van der Waals surface area contributed by atoms with Gasteiger partial charge in [-0.1, -0.05) is 0 Å². The first-order valence-electron chi connectivity index (χ1n) is 7.01. The van der Waals surface area contributed by atoms with E-state index in [2.05, 4.69) is 4.98 Å². The Hall–Kier alpha value is -2.56. The summed E-state index contributed by atoms with van der Waals surface area (Å²) in [5.74, 6) is -7.24. The number of nitrogens with zero attached hydrogens (tertiary/aromatic N) is 1. The molecule has 26 heavy (non-hydrogen) atoms. The lowest BCUT2D eigenvalue weighted by molar-refractivity contribution is -0.137. The number of halogens is 7. The summed E-state index contributed by atoms with van der Waals surface area (Å²) in [6.45, 7) is -1.02. The van der Waals surface area contributed by atoms with Crippen molar-refractivity contribution in [2.24, 2.45) is 0 Å². The third-order valence-corrected chi connectivity index (χ3v) is 3.14. The smallest absolute Gasteiger partial charge is 0.416 e. The van der Waals surface area contributed by atoms with E-state index in [9.17, 15) is 35.8 Å². The average molecular weight is 384 g/mol. The number of aromatic nitrogens is 1. The predicted molar refractivity (Wildman–Crippen MR) is 75.5 cm³/mol. The first-order valence-corrected chi connectivity index (χ1v) is 7.01. The standard InChI is InChI=1S/C15H11F7N2O2/c16-10-12(11(17)14(19)24-13(10)18)23-5-8(25)6-26-9-3-1-7(2-4-9)15(20,21)22/h1-4,8,25H,5-6H2,(H,23,24). The average Bonchev–Trinajstić information content (AvgIpc) is 2.58. The molecule has 2 N–H and O–H groups in total. The van der Waals surface area contributed by atoms with Crippen LogP contribution in [0.5, 0.6) is 5.75 Å². The second kappa shape index (κ2) is 7.77. The van der Waals surface area contributed by atoms with Crippen LogP contribution in [-0.4, -0.2) is 29.3 Å². The lowest BCUT2D eigenvalue weighted by Gasteiger charge is -2.15. The zero-order chi connectivity index (χ0) is 19.5. The van der Waals surface area contributed by atoms with Crippen LogP contribution in [-0.2, 0) is 6.18 Å². The second-order valence-electron chi connectivity index (χ2n) is 5.06. The van der Waals surface area contributed by atoms with Gasteiger partial charge in [0.1, 0.15) is 24.1 Å². The van der Waals surface area contributed by atoms with Crippen LogP contribution in [0.1, 0.15) is 5.56 Å². The molecule has 0 spiro atoms. The molecule has 2 rings (SSSR count). The molecule has 0 saturated heterocycles. The van der Waals surface area contributed by atoms with E-state index in [1.807, 2.05) is 5.32 Å². The summed E-state index contributed by atoms with van der Waals surface area (Å²) in [6, 6.07) is 3.59. The molecule has 0 aliphatic rings. The van der Waals surface area contributed by atoms with Gasteiger partial charge in [-0.3, -0.25) is 0 Å². The van der Waals surface area contributed by atoms with E-state index < -0.39 is 60.2 Å². The summed E-state index contributed by atoms with van der Waals surface area (Å²) in [6.07, 6.45) is -5.90. The van der Waals surface area contributed by atoms with Gasteiger partial charge >= 0.3 is 6.18 Å². The largest absolute Gasteiger partial charge is 0.491 e. The van der Waals surface area contributed by atoms with E-state index >= 15 is 0 Å². The number of nitrogens with one attached hydrogen (secondary N) is 1. The van der Waals surface area contributed by atoms with Crippen molar-refractivity contribution in [2.75, 3.05) is 18.5 Å². The minimum atomic E-state index is -4.51. The van der Waals surface area contributed by atoms with Crippen molar-refractivity contribution >= 4 is 5.69 Å². The lowest BCUT2D eigenvalue weighted by Crippen LogP contribution is -2.27. The lowest BCUT2D eigenvalue weighted by atomic mass is 10.2.